The standard InChI is InChI=1S/C16H19N3O3S/c1-12(13-5-3-2-4-6-13)7-9-19-16(20)14-8-10-18-15(11-14)23(17,21)22/h2-6,8,10-12H,7,9H2,1H3,(H,19,20)(H2,17,21,22)/t12-/m1/s1. The van der Waals surface area contributed by atoms with E-state index in [-0.39, 0.29) is 16.5 Å². The van der Waals surface area contributed by atoms with Gasteiger partial charge in [-0.15, -0.1) is 0 Å². The molecule has 1 heterocycles. The van der Waals surface area contributed by atoms with Gasteiger partial charge in [0.2, 0.25) is 0 Å². The van der Waals surface area contributed by atoms with Crippen molar-refractivity contribution in [1.82, 2.24) is 10.3 Å². The predicted molar refractivity (Wildman–Crippen MR) is 87.4 cm³/mol. The van der Waals surface area contributed by atoms with Gasteiger partial charge in [0, 0.05) is 18.3 Å². The van der Waals surface area contributed by atoms with Gasteiger partial charge in [0.25, 0.3) is 15.9 Å². The summed E-state index contributed by atoms with van der Waals surface area (Å²) in [7, 11) is -3.92. The molecule has 0 unspecified atom stereocenters. The molecule has 1 aromatic heterocycles. The molecule has 0 saturated heterocycles. The Bertz CT molecular complexity index is 776. The van der Waals surface area contributed by atoms with E-state index in [2.05, 4.69) is 17.2 Å². The van der Waals surface area contributed by atoms with Gasteiger partial charge in [-0.1, -0.05) is 37.3 Å². The van der Waals surface area contributed by atoms with Crippen molar-refractivity contribution in [3.63, 3.8) is 0 Å². The Labute approximate surface area is 135 Å². The van der Waals surface area contributed by atoms with Gasteiger partial charge in [-0.2, -0.15) is 0 Å². The summed E-state index contributed by atoms with van der Waals surface area (Å²) in [5, 5.41) is 7.47. The first-order valence-electron chi connectivity index (χ1n) is 7.20. The molecule has 3 N–H and O–H groups in total. The molecule has 0 radical (unpaired) electrons. The predicted octanol–water partition coefficient (Wildman–Crippen LogP) is 1.65. The molecule has 1 aromatic carbocycles. The fraction of sp³-hybridized carbons (Fsp3) is 0.250. The summed E-state index contributed by atoms with van der Waals surface area (Å²) in [6.07, 6.45) is 2.03. The van der Waals surface area contributed by atoms with Crippen LogP contribution in [0.1, 0.15) is 35.2 Å². The summed E-state index contributed by atoms with van der Waals surface area (Å²) >= 11 is 0. The van der Waals surface area contributed by atoms with E-state index in [1.54, 1.807) is 0 Å². The van der Waals surface area contributed by atoms with Crippen molar-refractivity contribution in [2.24, 2.45) is 5.14 Å². The molecule has 0 aliphatic heterocycles. The van der Waals surface area contributed by atoms with Crippen molar-refractivity contribution >= 4 is 15.9 Å². The molecule has 2 rings (SSSR count). The number of hydrogen-bond donors (Lipinski definition) is 2. The molecule has 1 amide bonds. The summed E-state index contributed by atoms with van der Waals surface area (Å²) in [4.78, 5) is 15.7. The number of nitrogens with one attached hydrogen (secondary N) is 1. The summed E-state index contributed by atoms with van der Waals surface area (Å²) < 4.78 is 22.5. The molecule has 2 aromatic rings. The van der Waals surface area contributed by atoms with Gasteiger partial charge in [0.1, 0.15) is 0 Å². The van der Waals surface area contributed by atoms with Crippen LogP contribution in [-0.2, 0) is 10.0 Å². The van der Waals surface area contributed by atoms with Gasteiger partial charge >= 0.3 is 0 Å². The Hall–Kier alpha value is -2.25. The lowest BCUT2D eigenvalue weighted by Crippen LogP contribution is -2.26. The maximum atomic E-state index is 12.1. The molecule has 122 valence electrons. The molecule has 0 fully saturated rings. The molecule has 23 heavy (non-hydrogen) atoms. The number of nitrogens with two attached hydrogens (primary N) is 1. The molecule has 0 spiro atoms. The van der Waals surface area contributed by atoms with Crippen molar-refractivity contribution in [3.05, 3.63) is 59.8 Å². The number of primary sulfonamides is 1. The quantitative estimate of drug-likeness (QED) is 0.839. The number of benzene rings is 1. The molecular weight excluding hydrogens is 314 g/mol. The Morgan fingerprint density at radius 1 is 1.26 bits per heavy atom. The van der Waals surface area contributed by atoms with E-state index in [4.69, 9.17) is 5.14 Å². The van der Waals surface area contributed by atoms with Crippen LogP contribution in [-0.4, -0.2) is 25.9 Å². The van der Waals surface area contributed by atoms with E-state index in [0.717, 1.165) is 6.42 Å². The summed E-state index contributed by atoms with van der Waals surface area (Å²) in [6.45, 7) is 2.58. The van der Waals surface area contributed by atoms with Crippen LogP contribution in [0.25, 0.3) is 0 Å². The van der Waals surface area contributed by atoms with Gasteiger partial charge in [0.15, 0.2) is 5.03 Å². The van der Waals surface area contributed by atoms with Crippen molar-refractivity contribution in [2.75, 3.05) is 6.54 Å². The van der Waals surface area contributed by atoms with Crippen LogP contribution in [0.4, 0.5) is 0 Å². The van der Waals surface area contributed by atoms with Gasteiger partial charge in [0.05, 0.1) is 0 Å². The lowest BCUT2D eigenvalue weighted by Gasteiger charge is -2.12. The number of carbonyl (C=O) groups is 1. The Morgan fingerprint density at radius 2 is 1.96 bits per heavy atom. The molecule has 0 bridgehead atoms. The van der Waals surface area contributed by atoms with Crippen LogP contribution < -0.4 is 10.5 Å². The van der Waals surface area contributed by atoms with E-state index in [1.165, 1.54) is 23.9 Å². The fourth-order valence-corrected chi connectivity index (χ4v) is 2.66. The van der Waals surface area contributed by atoms with Crippen molar-refractivity contribution in [2.45, 2.75) is 24.3 Å². The second kappa shape index (κ2) is 7.34. The third kappa shape index (κ3) is 4.87. The molecule has 7 heteroatoms. The molecule has 0 aliphatic rings. The number of sulfonamides is 1. The second-order valence-electron chi connectivity index (χ2n) is 5.28. The highest BCUT2D eigenvalue weighted by Crippen LogP contribution is 2.17. The van der Waals surface area contributed by atoms with Crippen molar-refractivity contribution < 1.29 is 13.2 Å². The van der Waals surface area contributed by atoms with Crippen LogP contribution in [0.2, 0.25) is 0 Å². The average Bonchev–Trinajstić information content (AvgIpc) is 2.54. The molecule has 0 aliphatic carbocycles. The SMILES string of the molecule is C[C@H](CCNC(=O)c1ccnc(S(N)(=O)=O)c1)c1ccccc1. The molecule has 0 saturated carbocycles. The number of nitrogens with zero attached hydrogens (tertiary/aromatic N) is 1. The molecule has 1 atom stereocenters. The summed E-state index contributed by atoms with van der Waals surface area (Å²) in [5.74, 6) is -0.0357. The number of carbonyl (C=O) groups excluding carboxylic acids is 1. The second-order valence-corrected chi connectivity index (χ2v) is 6.79. The lowest BCUT2D eigenvalue weighted by atomic mass is 9.98. The number of aromatic nitrogens is 1. The van der Waals surface area contributed by atoms with E-state index in [0.29, 0.717) is 12.5 Å². The zero-order valence-corrected chi connectivity index (χ0v) is 13.6. The minimum absolute atomic E-state index is 0.219. The number of rotatable bonds is 6. The van der Waals surface area contributed by atoms with Gasteiger partial charge in [-0.3, -0.25) is 4.79 Å². The first-order chi connectivity index (χ1) is 10.9. The normalized spacial score (nSPS) is 12.6. The van der Waals surface area contributed by atoms with Crippen LogP contribution in [0.5, 0.6) is 0 Å². The maximum Gasteiger partial charge on any atom is 0.255 e. The van der Waals surface area contributed by atoms with Gasteiger partial charge in [-0.25, -0.2) is 18.5 Å². The highest BCUT2D eigenvalue weighted by molar-refractivity contribution is 7.89. The topological polar surface area (TPSA) is 102 Å². The zero-order valence-electron chi connectivity index (χ0n) is 12.8. The van der Waals surface area contributed by atoms with E-state index in [1.807, 2.05) is 30.3 Å². The average molecular weight is 333 g/mol. The first kappa shape index (κ1) is 17.1. The smallest absolute Gasteiger partial charge is 0.255 e. The highest BCUT2D eigenvalue weighted by Gasteiger charge is 2.13. The lowest BCUT2D eigenvalue weighted by molar-refractivity contribution is 0.0952. The largest absolute Gasteiger partial charge is 0.352 e. The van der Waals surface area contributed by atoms with E-state index in [9.17, 15) is 13.2 Å². The van der Waals surface area contributed by atoms with Crippen LogP contribution in [0, 0.1) is 0 Å². The van der Waals surface area contributed by atoms with Crippen molar-refractivity contribution in [3.8, 4) is 0 Å². The zero-order chi connectivity index (χ0) is 16.9. The van der Waals surface area contributed by atoms with Gasteiger partial charge in [-0.05, 0) is 30.0 Å². The Balaban J connectivity index is 1.93. The minimum Gasteiger partial charge on any atom is -0.352 e. The number of pyridine rings is 1. The minimum atomic E-state index is -3.92. The maximum absolute atomic E-state index is 12.1. The Kier molecular flexibility index (Phi) is 5.46. The highest BCUT2D eigenvalue weighted by atomic mass is 32.2. The first-order valence-corrected chi connectivity index (χ1v) is 8.74. The monoisotopic (exact) mass is 333 g/mol. The Morgan fingerprint density at radius 3 is 2.61 bits per heavy atom. The van der Waals surface area contributed by atoms with Crippen LogP contribution >= 0.6 is 0 Å². The van der Waals surface area contributed by atoms with Crippen LogP contribution in [0.15, 0.2) is 53.7 Å². The third-order valence-electron chi connectivity index (χ3n) is 3.52. The third-order valence-corrected chi connectivity index (χ3v) is 4.33. The fourth-order valence-electron chi connectivity index (χ4n) is 2.16. The number of hydrogen-bond acceptors (Lipinski definition) is 4. The summed E-state index contributed by atoms with van der Waals surface area (Å²) in [6, 6.07) is 12.6. The van der Waals surface area contributed by atoms with E-state index < -0.39 is 10.0 Å². The van der Waals surface area contributed by atoms with E-state index >= 15 is 0 Å². The molecular formula is C16H19N3O3S. The molecule has 6 nitrogen and oxygen atoms in total. The van der Waals surface area contributed by atoms with Gasteiger partial charge < -0.3 is 5.32 Å². The summed E-state index contributed by atoms with van der Waals surface area (Å²) in [5.41, 5.74) is 1.43. The number of amides is 1. The van der Waals surface area contributed by atoms with Crippen molar-refractivity contribution in [1.29, 1.82) is 0 Å². The van der Waals surface area contributed by atoms with Crippen LogP contribution in [0.3, 0.4) is 0 Å².